The van der Waals surface area contributed by atoms with Crippen molar-refractivity contribution in [1.82, 2.24) is 9.88 Å². The van der Waals surface area contributed by atoms with Gasteiger partial charge >= 0.3 is 5.97 Å². The number of anilines is 1. The Morgan fingerprint density at radius 2 is 2.14 bits per heavy atom. The minimum Gasteiger partial charge on any atom is -0.467 e. The van der Waals surface area contributed by atoms with Crippen LogP contribution in [0.3, 0.4) is 0 Å². The molecule has 2 aromatic rings. The van der Waals surface area contributed by atoms with Crippen molar-refractivity contribution in [3.05, 3.63) is 47.6 Å². The molecule has 0 bridgehead atoms. The zero-order valence-electron chi connectivity index (χ0n) is 15.5. The van der Waals surface area contributed by atoms with Crippen molar-refractivity contribution in [3.8, 4) is 11.1 Å². The monoisotopic (exact) mass is 399 g/mol. The third-order valence-corrected chi connectivity index (χ3v) is 6.04. The van der Waals surface area contributed by atoms with Gasteiger partial charge in [0.25, 0.3) is 5.91 Å². The van der Waals surface area contributed by atoms with E-state index in [0.717, 1.165) is 29.2 Å². The van der Waals surface area contributed by atoms with Gasteiger partial charge in [0.15, 0.2) is 0 Å². The Morgan fingerprint density at radius 1 is 1.32 bits per heavy atom. The quantitative estimate of drug-likeness (QED) is 0.580. The molecule has 0 N–H and O–H groups in total. The molecule has 1 saturated heterocycles. The van der Waals surface area contributed by atoms with Crippen molar-refractivity contribution in [2.24, 2.45) is 0 Å². The Hall–Kier alpha value is -2.71. The van der Waals surface area contributed by atoms with Crippen molar-refractivity contribution in [2.45, 2.75) is 6.04 Å². The van der Waals surface area contributed by atoms with Crippen LogP contribution in [-0.2, 0) is 14.3 Å². The Kier molecular flexibility index (Phi) is 5.40. The molecule has 0 radical (unpaired) electrons. The summed E-state index contributed by atoms with van der Waals surface area (Å²) < 4.78 is 10.3. The Bertz CT molecular complexity index is 890. The normalized spacial score (nSPS) is 19.1. The maximum absolute atomic E-state index is 13.2. The van der Waals surface area contributed by atoms with E-state index in [-0.39, 0.29) is 5.91 Å². The number of esters is 1. The largest absolute Gasteiger partial charge is 0.467 e. The highest BCUT2D eigenvalue weighted by Gasteiger charge is 2.33. The average molecular weight is 399 g/mol. The molecule has 0 aliphatic carbocycles. The molecular weight excluding hydrogens is 378 g/mol. The number of methoxy groups -OCH3 is 1. The Balaban J connectivity index is 1.69. The van der Waals surface area contributed by atoms with Crippen molar-refractivity contribution in [1.29, 1.82) is 0 Å². The second-order valence-corrected chi connectivity index (χ2v) is 7.55. The molecule has 28 heavy (non-hydrogen) atoms. The van der Waals surface area contributed by atoms with Crippen LogP contribution in [0.4, 0.5) is 5.00 Å². The molecule has 0 saturated carbocycles. The molecule has 146 valence electrons. The zero-order chi connectivity index (χ0) is 19.5. The SMILES string of the molecule is COC(=O)C1C=CCN1C(=O)c1cc(-c2cccnc2)c(N2CCOCC2)s1. The number of carbonyl (C=O) groups is 2. The first-order valence-corrected chi connectivity index (χ1v) is 9.93. The highest BCUT2D eigenvalue weighted by Crippen LogP contribution is 2.40. The molecule has 1 atom stereocenters. The number of thiophene rings is 1. The molecule has 1 amide bonds. The minimum absolute atomic E-state index is 0.171. The van der Waals surface area contributed by atoms with E-state index in [0.29, 0.717) is 24.6 Å². The topological polar surface area (TPSA) is 72.0 Å². The van der Waals surface area contributed by atoms with Gasteiger partial charge in [-0.3, -0.25) is 9.78 Å². The van der Waals surface area contributed by atoms with Crippen LogP contribution in [0.5, 0.6) is 0 Å². The molecule has 2 aliphatic heterocycles. The van der Waals surface area contributed by atoms with E-state index in [1.807, 2.05) is 24.3 Å². The maximum Gasteiger partial charge on any atom is 0.332 e. The standard InChI is InChI=1S/C20H21N3O4S/c1-26-20(25)16-5-3-7-23(16)18(24)17-12-15(14-4-2-6-21-13-14)19(28-17)22-8-10-27-11-9-22/h2-6,12-13,16H,7-11H2,1H3. The summed E-state index contributed by atoms with van der Waals surface area (Å²) in [6.07, 6.45) is 7.06. The van der Waals surface area contributed by atoms with Gasteiger partial charge in [-0.15, -0.1) is 11.3 Å². The third-order valence-electron chi connectivity index (χ3n) is 4.85. The summed E-state index contributed by atoms with van der Waals surface area (Å²) in [5.41, 5.74) is 1.94. The predicted octanol–water partition coefficient (Wildman–Crippen LogP) is 2.20. The fourth-order valence-electron chi connectivity index (χ4n) is 3.42. The minimum atomic E-state index is -0.673. The van der Waals surface area contributed by atoms with Gasteiger partial charge in [-0.2, -0.15) is 0 Å². The van der Waals surface area contributed by atoms with Crippen molar-refractivity contribution < 1.29 is 19.1 Å². The number of morpholine rings is 1. The first-order valence-electron chi connectivity index (χ1n) is 9.11. The molecule has 0 spiro atoms. The lowest BCUT2D eigenvalue weighted by Crippen LogP contribution is -2.41. The van der Waals surface area contributed by atoms with Gasteiger partial charge in [0.2, 0.25) is 0 Å². The Labute approximate surface area is 167 Å². The van der Waals surface area contributed by atoms with Crippen molar-refractivity contribution >= 4 is 28.2 Å². The van der Waals surface area contributed by atoms with Crippen LogP contribution in [-0.4, -0.2) is 67.8 Å². The lowest BCUT2D eigenvalue weighted by Gasteiger charge is -2.28. The second kappa shape index (κ2) is 8.12. The first-order chi connectivity index (χ1) is 13.7. The summed E-state index contributed by atoms with van der Waals surface area (Å²) in [5.74, 6) is -0.602. The number of hydrogen-bond acceptors (Lipinski definition) is 7. The molecule has 4 heterocycles. The lowest BCUT2D eigenvalue weighted by molar-refractivity contribution is -0.143. The summed E-state index contributed by atoms with van der Waals surface area (Å²) in [5, 5.41) is 1.03. The van der Waals surface area contributed by atoms with E-state index in [4.69, 9.17) is 9.47 Å². The lowest BCUT2D eigenvalue weighted by atomic mass is 10.1. The first kappa shape index (κ1) is 18.6. The van der Waals surface area contributed by atoms with Crippen LogP contribution in [0.2, 0.25) is 0 Å². The van der Waals surface area contributed by atoms with Gasteiger partial charge in [0.1, 0.15) is 6.04 Å². The van der Waals surface area contributed by atoms with Crippen LogP contribution < -0.4 is 4.90 Å². The van der Waals surface area contributed by atoms with Gasteiger partial charge < -0.3 is 19.3 Å². The number of aromatic nitrogens is 1. The van der Waals surface area contributed by atoms with Gasteiger partial charge in [-0.25, -0.2) is 4.79 Å². The summed E-state index contributed by atoms with van der Waals surface area (Å²) in [6, 6.07) is 5.10. The van der Waals surface area contributed by atoms with E-state index in [2.05, 4.69) is 9.88 Å². The third kappa shape index (κ3) is 3.53. The smallest absolute Gasteiger partial charge is 0.332 e. The fraction of sp³-hybridized carbons (Fsp3) is 0.350. The molecular formula is C20H21N3O4S. The number of pyridine rings is 1. The molecule has 0 aromatic carbocycles. The van der Waals surface area contributed by atoms with Crippen molar-refractivity contribution in [3.63, 3.8) is 0 Å². The van der Waals surface area contributed by atoms with Crippen LogP contribution in [0.25, 0.3) is 11.1 Å². The molecule has 7 nitrogen and oxygen atoms in total. The highest BCUT2D eigenvalue weighted by molar-refractivity contribution is 7.18. The van der Waals surface area contributed by atoms with Crippen LogP contribution in [0.1, 0.15) is 9.67 Å². The van der Waals surface area contributed by atoms with E-state index in [1.54, 1.807) is 18.5 Å². The van der Waals surface area contributed by atoms with Crippen LogP contribution in [0, 0.1) is 0 Å². The molecule has 2 aromatic heterocycles. The van der Waals surface area contributed by atoms with Gasteiger partial charge in [0, 0.05) is 43.2 Å². The van der Waals surface area contributed by atoms with E-state index in [9.17, 15) is 9.59 Å². The second-order valence-electron chi connectivity index (χ2n) is 6.52. The molecule has 4 rings (SSSR count). The number of amides is 1. The number of nitrogens with zero attached hydrogens (tertiary/aromatic N) is 3. The summed E-state index contributed by atoms with van der Waals surface area (Å²) in [4.78, 5) is 33.8. The number of carbonyl (C=O) groups excluding carboxylic acids is 2. The Morgan fingerprint density at radius 3 is 2.86 bits per heavy atom. The van der Waals surface area contributed by atoms with Crippen molar-refractivity contribution in [2.75, 3.05) is 44.9 Å². The van der Waals surface area contributed by atoms with E-state index < -0.39 is 12.0 Å². The number of rotatable bonds is 4. The average Bonchev–Trinajstić information content (AvgIpc) is 3.42. The van der Waals surface area contributed by atoms with Gasteiger partial charge in [-0.05, 0) is 12.1 Å². The van der Waals surface area contributed by atoms with E-state index >= 15 is 0 Å². The summed E-state index contributed by atoms with van der Waals surface area (Å²) >= 11 is 1.45. The number of ether oxygens (including phenoxy) is 2. The maximum atomic E-state index is 13.2. The zero-order valence-corrected chi connectivity index (χ0v) is 16.4. The fourth-order valence-corrected chi connectivity index (χ4v) is 4.60. The van der Waals surface area contributed by atoms with Gasteiger partial charge in [0.05, 0.1) is 30.2 Å². The van der Waals surface area contributed by atoms with Crippen LogP contribution >= 0.6 is 11.3 Å². The molecule has 1 fully saturated rings. The van der Waals surface area contributed by atoms with E-state index in [1.165, 1.54) is 23.3 Å². The molecule has 2 aliphatic rings. The predicted molar refractivity (Wildman–Crippen MR) is 107 cm³/mol. The summed E-state index contributed by atoms with van der Waals surface area (Å²) in [7, 11) is 1.33. The molecule has 8 heteroatoms. The molecule has 1 unspecified atom stereocenters. The highest BCUT2D eigenvalue weighted by atomic mass is 32.1. The van der Waals surface area contributed by atoms with Crippen LogP contribution in [0.15, 0.2) is 42.7 Å². The number of hydrogen-bond donors (Lipinski definition) is 0. The van der Waals surface area contributed by atoms with Gasteiger partial charge in [-0.1, -0.05) is 18.2 Å². The summed E-state index contributed by atoms with van der Waals surface area (Å²) in [6.45, 7) is 3.27.